The number of nitrogens with zero attached hydrogens (tertiary/aromatic N) is 4. The summed E-state index contributed by atoms with van der Waals surface area (Å²) in [4.78, 5) is 16.8. The van der Waals surface area contributed by atoms with Gasteiger partial charge in [0.2, 0.25) is 0 Å². The van der Waals surface area contributed by atoms with Crippen LogP contribution in [0.25, 0.3) is 23.0 Å². The summed E-state index contributed by atoms with van der Waals surface area (Å²) in [6, 6.07) is 20.9. The van der Waals surface area contributed by atoms with Gasteiger partial charge >= 0.3 is 0 Å². The van der Waals surface area contributed by atoms with E-state index >= 15 is 0 Å². The quantitative estimate of drug-likeness (QED) is 0.279. The third-order valence-electron chi connectivity index (χ3n) is 5.03. The summed E-state index contributed by atoms with van der Waals surface area (Å²) in [5.74, 6) is 0.219. The SMILES string of the molecule is COc1ccc(-c2nn(-c3ccccc3)cc2/C=C(\C#N)C(=O)NCc2cccnc2)cc1Br. The van der Waals surface area contributed by atoms with Crippen molar-refractivity contribution in [1.29, 1.82) is 5.26 Å². The molecule has 0 aliphatic carbocycles. The molecule has 7 nitrogen and oxygen atoms in total. The molecule has 0 aliphatic heterocycles. The Labute approximate surface area is 205 Å². The normalized spacial score (nSPS) is 11.0. The van der Waals surface area contributed by atoms with Crippen molar-refractivity contribution in [2.45, 2.75) is 6.54 Å². The van der Waals surface area contributed by atoms with Gasteiger partial charge in [0, 0.05) is 36.3 Å². The standard InChI is InChI=1S/C26H20BrN5O2/c1-34-24-10-9-19(13-23(24)27)25-21(17-32(31-25)22-7-3-2-4-8-22)12-20(14-28)26(33)30-16-18-6-5-11-29-15-18/h2-13,15,17H,16H2,1H3,(H,30,33)/b20-12+. The average Bonchev–Trinajstić information content (AvgIpc) is 3.31. The highest BCUT2D eigenvalue weighted by molar-refractivity contribution is 9.10. The number of para-hydroxylation sites is 1. The molecule has 0 bridgehead atoms. The topological polar surface area (TPSA) is 92.8 Å². The van der Waals surface area contributed by atoms with Gasteiger partial charge < -0.3 is 10.1 Å². The van der Waals surface area contributed by atoms with Crippen LogP contribution in [0.4, 0.5) is 0 Å². The number of hydrogen-bond acceptors (Lipinski definition) is 5. The predicted molar refractivity (Wildman–Crippen MR) is 133 cm³/mol. The van der Waals surface area contributed by atoms with E-state index in [1.54, 1.807) is 42.5 Å². The predicted octanol–water partition coefficient (Wildman–Crippen LogP) is 4.93. The van der Waals surface area contributed by atoms with E-state index in [4.69, 9.17) is 9.84 Å². The number of aromatic nitrogens is 3. The zero-order valence-electron chi connectivity index (χ0n) is 18.3. The lowest BCUT2D eigenvalue weighted by atomic mass is 10.1. The molecular formula is C26H20BrN5O2. The van der Waals surface area contributed by atoms with Crippen molar-refractivity contribution in [3.8, 4) is 28.8 Å². The fraction of sp³-hybridized carbons (Fsp3) is 0.0769. The van der Waals surface area contributed by atoms with Crippen LogP contribution < -0.4 is 10.1 Å². The number of rotatable bonds is 7. The molecule has 168 valence electrons. The molecule has 8 heteroatoms. The van der Waals surface area contributed by atoms with Gasteiger partial charge in [-0.05, 0) is 64.0 Å². The van der Waals surface area contributed by atoms with Crippen molar-refractivity contribution < 1.29 is 9.53 Å². The van der Waals surface area contributed by atoms with E-state index in [1.807, 2.05) is 60.7 Å². The Kier molecular flexibility index (Phi) is 7.16. The first-order valence-electron chi connectivity index (χ1n) is 10.4. The van der Waals surface area contributed by atoms with Crippen molar-refractivity contribution in [2.75, 3.05) is 7.11 Å². The molecule has 4 aromatic rings. The Morgan fingerprint density at radius 1 is 1.21 bits per heavy atom. The van der Waals surface area contributed by atoms with Gasteiger partial charge in [-0.15, -0.1) is 0 Å². The molecular weight excluding hydrogens is 494 g/mol. The van der Waals surface area contributed by atoms with Crippen LogP contribution >= 0.6 is 15.9 Å². The molecule has 0 unspecified atom stereocenters. The molecule has 0 radical (unpaired) electrons. The molecule has 2 aromatic carbocycles. The van der Waals surface area contributed by atoms with Crippen LogP contribution in [-0.2, 0) is 11.3 Å². The van der Waals surface area contributed by atoms with Gasteiger partial charge in [-0.2, -0.15) is 10.4 Å². The monoisotopic (exact) mass is 513 g/mol. The van der Waals surface area contributed by atoms with E-state index in [1.165, 1.54) is 0 Å². The second-order valence-electron chi connectivity index (χ2n) is 7.28. The van der Waals surface area contributed by atoms with Gasteiger partial charge in [0.1, 0.15) is 23.1 Å². The Morgan fingerprint density at radius 3 is 2.71 bits per heavy atom. The maximum Gasteiger partial charge on any atom is 0.262 e. The third-order valence-corrected chi connectivity index (χ3v) is 5.65. The minimum atomic E-state index is -0.472. The molecule has 34 heavy (non-hydrogen) atoms. The van der Waals surface area contributed by atoms with E-state index in [-0.39, 0.29) is 12.1 Å². The fourth-order valence-corrected chi connectivity index (χ4v) is 3.87. The van der Waals surface area contributed by atoms with Crippen LogP contribution in [0, 0.1) is 11.3 Å². The lowest BCUT2D eigenvalue weighted by Gasteiger charge is -2.06. The molecule has 0 saturated carbocycles. The number of hydrogen-bond donors (Lipinski definition) is 1. The molecule has 0 fully saturated rings. The van der Waals surface area contributed by atoms with E-state index in [2.05, 4.69) is 26.2 Å². The maximum atomic E-state index is 12.7. The van der Waals surface area contributed by atoms with Crippen molar-refractivity contribution in [3.05, 3.63) is 100 Å². The first kappa shape index (κ1) is 23.0. The van der Waals surface area contributed by atoms with Crippen molar-refractivity contribution >= 4 is 27.9 Å². The molecule has 4 rings (SSSR count). The minimum Gasteiger partial charge on any atom is -0.496 e. The number of carbonyl (C=O) groups excluding carboxylic acids is 1. The Balaban J connectivity index is 1.72. The number of nitriles is 1. The fourth-order valence-electron chi connectivity index (χ4n) is 3.33. The number of pyridine rings is 1. The van der Waals surface area contributed by atoms with Crippen LogP contribution in [-0.4, -0.2) is 27.8 Å². The number of methoxy groups -OCH3 is 1. The molecule has 0 atom stereocenters. The van der Waals surface area contributed by atoms with Gasteiger partial charge in [-0.1, -0.05) is 24.3 Å². The summed E-state index contributed by atoms with van der Waals surface area (Å²) < 4.78 is 7.83. The molecule has 0 saturated heterocycles. The lowest BCUT2D eigenvalue weighted by molar-refractivity contribution is -0.117. The van der Waals surface area contributed by atoms with Crippen molar-refractivity contribution in [3.63, 3.8) is 0 Å². The van der Waals surface area contributed by atoms with E-state index in [0.29, 0.717) is 17.0 Å². The zero-order chi connectivity index (χ0) is 23.9. The van der Waals surface area contributed by atoms with Crippen LogP contribution in [0.5, 0.6) is 5.75 Å². The number of halogens is 1. The summed E-state index contributed by atoms with van der Waals surface area (Å²) in [7, 11) is 1.60. The summed E-state index contributed by atoms with van der Waals surface area (Å²) in [6.45, 7) is 0.271. The second-order valence-corrected chi connectivity index (χ2v) is 8.13. The van der Waals surface area contributed by atoms with Crippen molar-refractivity contribution in [2.24, 2.45) is 0 Å². The van der Waals surface area contributed by atoms with Crippen molar-refractivity contribution in [1.82, 2.24) is 20.1 Å². The van der Waals surface area contributed by atoms with Crippen LogP contribution in [0.1, 0.15) is 11.1 Å². The number of benzene rings is 2. The maximum absolute atomic E-state index is 12.7. The Morgan fingerprint density at radius 2 is 2.03 bits per heavy atom. The number of carbonyl (C=O) groups is 1. The summed E-state index contributed by atoms with van der Waals surface area (Å²) in [5, 5.41) is 17.2. The summed E-state index contributed by atoms with van der Waals surface area (Å²) >= 11 is 3.51. The van der Waals surface area contributed by atoms with Crippen LogP contribution in [0.15, 0.2) is 89.3 Å². The highest BCUT2D eigenvalue weighted by Gasteiger charge is 2.16. The summed E-state index contributed by atoms with van der Waals surface area (Å²) in [6.07, 6.45) is 6.68. The Hall–Kier alpha value is -4.22. The van der Waals surface area contributed by atoms with Gasteiger partial charge in [0.25, 0.3) is 5.91 Å². The first-order chi connectivity index (χ1) is 16.6. The average molecular weight is 514 g/mol. The smallest absolute Gasteiger partial charge is 0.262 e. The van der Waals surface area contributed by atoms with Gasteiger partial charge in [-0.25, -0.2) is 4.68 Å². The first-order valence-corrected chi connectivity index (χ1v) is 11.2. The molecule has 2 aromatic heterocycles. The van der Waals surface area contributed by atoms with E-state index in [0.717, 1.165) is 21.3 Å². The number of ether oxygens (including phenoxy) is 1. The van der Waals surface area contributed by atoms with Gasteiger partial charge in [-0.3, -0.25) is 9.78 Å². The number of nitrogens with one attached hydrogen (secondary N) is 1. The van der Waals surface area contributed by atoms with E-state index in [9.17, 15) is 10.1 Å². The summed E-state index contributed by atoms with van der Waals surface area (Å²) in [5.41, 5.74) is 3.74. The second kappa shape index (κ2) is 10.6. The molecule has 1 N–H and O–H groups in total. The number of amides is 1. The van der Waals surface area contributed by atoms with Crippen LogP contribution in [0.3, 0.4) is 0 Å². The van der Waals surface area contributed by atoms with Gasteiger partial charge in [0.15, 0.2) is 0 Å². The highest BCUT2D eigenvalue weighted by Crippen LogP contribution is 2.32. The molecule has 2 heterocycles. The van der Waals surface area contributed by atoms with Crippen LogP contribution in [0.2, 0.25) is 0 Å². The third kappa shape index (κ3) is 5.22. The van der Waals surface area contributed by atoms with Gasteiger partial charge in [0.05, 0.1) is 17.3 Å². The molecule has 0 spiro atoms. The highest BCUT2D eigenvalue weighted by atomic mass is 79.9. The van der Waals surface area contributed by atoms with E-state index < -0.39 is 5.91 Å². The minimum absolute atomic E-state index is 0.0228. The molecule has 0 aliphatic rings. The largest absolute Gasteiger partial charge is 0.496 e. The molecule has 1 amide bonds. The zero-order valence-corrected chi connectivity index (χ0v) is 19.9. The Bertz CT molecular complexity index is 1380. The lowest BCUT2D eigenvalue weighted by Crippen LogP contribution is -2.24.